The highest BCUT2D eigenvalue weighted by Gasteiger charge is 2.16. The van der Waals surface area contributed by atoms with Crippen LogP contribution in [0.2, 0.25) is 5.02 Å². The smallest absolute Gasteiger partial charge is 0.100 e. The molecule has 1 aromatic rings. The highest BCUT2D eigenvalue weighted by atomic mass is 35.5. The number of amidine groups is 1. The molecule has 0 radical (unpaired) electrons. The van der Waals surface area contributed by atoms with Gasteiger partial charge in [-0.15, -0.1) is 0 Å². The molecule has 0 atom stereocenters. The molecular formula is C13H18ClN3. The fourth-order valence-electron chi connectivity index (χ4n) is 2.03. The monoisotopic (exact) mass is 251 g/mol. The number of nitrogens with zero attached hydrogens (tertiary/aromatic N) is 2. The first-order chi connectivity index (χ1) is 8.15. The molecule has 0 aliphatic carbocycles. The predicted molar refractivity (Wildman–Crippen MR) is 72.0 cm³/mol. The molecule has 1 aliphatic rings. The van der Waals surface area contributed by atoms with E-state index in [0.29, 0.717) is 12.3 Å². The van der Waals surface area contributed by atoms with Gasteiger partial charge in [0.25, 0.3) is 0 Å². The van der Waals surface area contributed by atoms with Gasteiger partial charge in [-0.05, 0) is 24.7 Å². The van der Waals surface area contributed by atoms with Crippen LogP contribution in [0.25, 0.3) is 0 Å². The Labute approximate surface area is 107 Å². The summed E-state index contributed by atoms with van der Waals surface area (Å²) in [5.41, 5.74) is 1.11. The highest BCUT2D eigenvalue weighted by Crippen LogP contribution is 2.12. The second kappa shape index (κ2) is 5.52. The Morgan fingerprint density at radius 3 is 2.65 bits per heavy atom. The molecule has 1 aliphatic heterocycles. The number of hydrogen-bond acceptors (Lipinski definition) is 2. The lowest BCUT2D eigenvalue weighted by Crippen LogP contribution is -2.47. The lowest BCUT2D eigenvalue weighted by atomic mass is 10.1. The van der Waals surface area contributed by atoms with E-state index in [1.165, 1.54) is 0 Å². The minimum atomic E-state index is 0.671. The van der Waals surface area contributed by atoms with Crippen molar-refractivity contribution in [3.63, 3.8) is 0 Å². The van der Waals surface area contributed by atoms with Gasteiger partial charge in [0.05, 0.1) is 0 Å². The Balaban J connectivity index is 1.93. The van der Waals surface area contributed by atoms with Gasteiger partial charge in [-0.2, -0.15) is 0 Å². The van der Waals surface area contributed by atoms with Crippen LogP contribution in [0.1, 0.15) is 5.56 Å². The van der Waals surface area contributed by atoms with Crippen molar-refractivity contribution in [1.29, 1.82) is 5.41 Å². The summed E-state index contributed by atoms with van der Waals surface area (Å²) in [4.78, 5) is 4.45. The van der Waals surface area contributed by atoms with Crippen LogP contribution >= 0.6 is 11.6 Å². The maximum atomic E-state index is 8.12. The van der Waals surface area contributed by atoms with Crippen molar-refractivity contribution in [2.45, 2.75) is 6.42 Å². The van der Waals surface area contributed by atoms with Crippen molar-refractivity contribution in [1.82, 2.24) is 9.80 Å². The quantitative estimate of drug-likeness (QED) is 0.645. The number of piperazine rings is 1. The molecule has 1 aromatic carbocycles. The largest absolute Gasteiger partial charge is 0.358 e. The van der Waals surface area contributed by atoms with Crippen LogP contribution in [0, 0.1) is 5.41 Å². The van der Waals surface area contributed by atoms with Gasteiger partial charge in [0.1, 0.15) is 5.84 Å². The number of nitrogens with one attached hydrogen (secondary N) is 1. The Bertz CT molecular complexity index is 397. The van der Waals surface area contributed by atoms with Gasteiger partial charge in [-0.1, -0.05) is 23.7 Å². The lowest BCUT2D eigenvalue weighted by molar-refractivity contribution is 0.213. The summed E-state index contributed by atoms with van der Waals surface area (Å²) in [5, 5.41) is 8.87. The zero-order chi connectivity index (χ0) is 12.3. The topological polar surface area (TPSA) is 30.3 Å². The molecule has 0 spiro atoms. The molecule has 1 saturated heterocycles. The van der Waals surface area contributed by atoms with Crippen LogP contribution < -0.4 is 0 Å². The van der Waals surface area contributed by atoms with Crippen molar-refractivity contribution >= 4 is 17.4 Å². The summed E-state index contributed by atoms with van der Waals surface area (Å²) >= 11 is 5.94. The summed E-state index contributed by atoms with van der Waals surface area (Å²) in [7, 11) is 2.12. The number of halogens is 1. The van der Waals surface area contributed by atoms with Crippen molar-refractivity contribution in [2.24, 2.45) is 0 Å². The molecule has 1 N–H and O–H groups in total. The molecule has 3 nitrogen and oxygen atoms in total. The van der Waals surface area contributed by atoms with Crippen LogP contribution in [0.5, 0.6) is 0 Å². The second-order valence-corrected chi connectivity index (χ2v) is 4.98. The average Bonchev–Trinajstić information content (AvgIpc) is 2.29. The molecule has 1 fully saturated rings. The number of hydrogen-bond donors (Lipinski definition) is 1. The molecular weight excluding hydrogens is 234 g/mol. The minimum Gasteiger partial charge on any atom is -0.358 e. The normalized spacial score (nSPS) is 17.2. The third-order valence-electron chi connectivity index (χ3n) is 3.15. The second-order valence-electron chi connectivity index (χ2n) is 4.54. The van der Waals surface area contributed by atoms with E-state index in [1.807, 2.05) is 24.3 Å². The van der Waals surface area contributed by atoms with Crippen molar-refractivity contribution in [2.75, 3.05) is 33.2 Å². The van der Waals surface area contributed by atoms with Crippen molar-refractivity contribution in [3.05, 3.63) is 34.9 Å². The summed E-state index contributed by atoms with van der Waals surface area (Å²) < 4.78 is 0. The maximum absolute atomic E-state index is 8.12. The summed E-state index contributed by atoms with van der Waals surface area (Å²) in [6.07, 6.45) is 0.671. The fraction of sp³-hybridized carbons (Fsp3) is 0.462. The molecule has 0 unspecified atom stereocenters. The van der Waals surface area contributed by atoms with E-state index < -0.39 is 0 Å². The SMILES string of the molecule is CN1CCN(C(=N)Cc2cccc(Cl)c2)CC1. The van der Waals surface area contributed by atoms with Gasteiger partial charge < -0.3 is 9.80 Å². The van der Waals surface area contributed by atoms with Gasteiger partial charge in [0.2, 0.25) is 0 Å². The lowest BCUT2D eigenvalue weighted by Gasteiger charge is -2.34. The molecule has 17 heavy (non-hydrogen) atoms. The van der Waals surface area contributed by atoms with Crippen molar-refractivity contribution in [3.8, 4) is 0 Å². The maximum Gasteiger partial charge on any atom is 0.100 e. The Kier molecular flexibility index (Phi) is 4.02. The van der Waals surface area contributed by atoms with E-state index in [-0.39, 0.29) is 0 Å². The van der Waals surface area contributed by atoms with Crippen LogP contribution in [-0.2, 0) is 6.42 Å². The molecule has 0 bridgehead atoms. The standard InChI is InChI=1S/C13H18ClN3/c1-16-5-7-17(8-6-16)13(15)10-11-3-2-4-12(14)9-11/h2-4,9,15H,5-8,10H2,1H3. The highest BCUT2D eigenvalue weighted by molar-refractivity contribution is 6.30. The molecule has 1 heterocycles. The molecule has 4 heteroatoms. The van der Waals surface area contributed by atoms with Gasteiger partial charge in [0, 0.05) is 37.6 Å². The third kappa shape index (κ3) is 3.45. The third-order valence-corrected chi connectivity index (χ3v) is 3.38. The molecule has 92 valence electrons. The number of rotatable bonds is 2. The Hall–Kier alpha value is -1.06. The summed E-state index contributed by atoms with van der Waals surface area (Å²) in [5.74, 6) is 0.695. The first kappa shape index (κ1) is 12.4. The van der Waals surface area contributed by atoms with Gasteiger partial charge in [-0.25, -0.2) is 0 Å². The zero-order valence-electron chi connectivity index (χ0n) is 10.1. The van der Waals surface area contributed by atoms with E-state index in [0.717, 1.165) is 36.8 Å². The van der Waals surface area contributed by atoms with E-state index in [1.54, 1.807) is 0 Å². The first-order valence-corrected chi connectivity index (χ1v) is 6.28. The Morgan fingerprint density at radius 1 is 1.29 bits per heavy atom. The van der Waals surface area contributed by atoms with Crippen LogP contribution in [-0.4, -0.2) is 48.9 Å². The summed E-state index contributed by atoms with van der Waals surface area (Å²) in [6.45, 7) is 3.99. The van der Waals surface area contributed by atoms with Gasteiger partial charge >= 0.3 is 0 Å². The number of benzene rings is 1. The van der Waals surface area contributed by atoms with Crippen molar-refractivity contribution < 1.29 is 0 Å². The first-order valence-electron chi connectivity index (χ1n) is 5.90. The van der Waals surface area contributed by atoms with E-state index in [4.69, 9.17) is 17.0 Å². The van der Waals surface area contributed by atoms with Gasteiger partial charge in [-0.3, -0.25) is 5.41 Å². The van der Waals surface area contributed by atoms with E-state index in [9.17, 15) is 0 Å². The summed E-state index contributed by atoms with van der Waals surface area (Å²) in [6, 6.07) is 7.77. The van der Waals surface area contributed by atoms with Crippen LogP contribution in [0.15, 0.2) is 24.3 Å². The minimum absolute atomic E-state index is 0.671. The van der Waals surface area contributed by atoms with Crippen LogP contribution in [0.3, 0.4) is 0 Å². The zero-order valence-corrected chi connectivity index (χ0v) is 10.9. The average molecular weight is 252 g/mol. The molecule has 2 rings (SSSR count). The fourth-order valence-corrected chi connectivity index (χ4v) is 2.24. The van der Waals surface area contributed by atoms with E-state index >= 15 is 0 Å². The van der Waals surface area contributed by atoms with E-state index in [2.05, 4.69) is 16.8 Å². The predicted octanol–water partition coefficient (Wildman–Crippen LogP) is 2.11. The molecule has 0 saturated carbocycles. The molecule has 0 aromatic heterocycles. The molecule has 0 amide bonds. The van der Waals surface area contributed by atoms with Crippen LogP contribution in [0.4, 0.5) is 0 Å². The number of likely N-dealkylation sites (N-methyl/N-ethyl adjacent to an activating group) is 1. The Morgan fingerprint density at radius 2 is 2.00 bits per heavy atom. The van der Waals surface area contributed by atoms with Gasteiger partial charge in [0.15, 0.2) is 0 Å².